The van der Waals surface area contributed by atoms with E-state index in [9.17, 15) is 9.59 Å². The van der Waals surface area contributed by atoms with Gasteiger partial charge in [0.05, 0.1) is 29.8 Å². The van der Waals surface area contributed by atoms with Crippen LogP contribution in [-0.4, -0.2) is 50.1 Å². The molecule has 3 rings (SSSR count). The summed E-state index contributed by atoms with van der Waals surface area (Å²) in [6, 6.07) is 13.2. The molecule has 142 valence electrons. The minimum Gasteiger partial charge on any atom is -0.465 e. The normalized spacial score (nSPS) is 14.2. The van der Waals surface area contributed by atoms with Crippen molar-refractivity contribution in [1.82, 2.24) is 4.90 Å². The Bertz CT molecular complexity index is 828. The molecule has 0 N–H and O–H groups in total. The highest BCUT2D eigenvalue weighted by molar-refractivity contribution is 6.33. The lowest BCUT2D eigenvalue weighted by Gasteiger charge is -2.36. The average molecular weight is 387 g/mol. The van der Waals surface area contributed by atoms with Crippen LogP contribution in [0.5, 0.6) is 0 Å². The number of carbonyl (C=O) groups excluding carboxylic acids is 2. The summed E-state index contributed by atoms with van der Waals surface area (Å²) < 4.78 is 4.78. The summed E-state index contributed by atoms with van der Waals surface area (Å²) in [5.74, 6) is -0.257. The van der Waals surface area contributed by atoms with Crippen LogP contribution >= 0.6 is 11.6 Å². The van der Waals surface area contributed by atoms with E-state index >= 15 is 0 Å². The molecule has 0 saturated carbocycles. The maximum Gasteiger partial charge on any atom is 0.337 e. The van der Waals surface area contributed by atoms with Crippen molar-refractivity contribution in [2.24, 2.45) is 0 Å². The molecule has 2 aromatic carbocycles. The number of anilines is 1. The number of halogens is 1. The summed E-state index contributed by atoms with van der Waals surface area (Å²) in [6.07, 6.45) is 0.416. The number of amides is 1. The Morgan fingerprint density at radius 3 is 2.33 bits per heavy atom. The molecule has 0 aliphatic carbocycles. The van der Waals surface area contributed by atoms with Gasteiger partial charge in [0.2, 0.25) is 5.91 Å². The SMILES string of the molecule is COC(=O)c1ccc(Cl)c(N2CCN(C(=O)Cc3ccc(C)cc3)CC2)c1. The van der Waals surface area contributed by atoms with Crippen LogP contribution < -0.4 is 4.90 Å². The number of nitrogens with zero attached hydrogens (tertiary/aromatic N) is 2. The summed E-state index contributed by atoms with van der Waals surface area (Å²) in [5, 5.41) is 0.585. The minimum absolute atomic E-state index is 0.132. The molecule has 0 unspecified atom stereocenters. The van der Waals surface area contributed by atoms with E-state index in [1.165, 1.54) is 12.7 Å². The fraction of sp³-hybridized carbons (Fsp3) is 0.333. The van der Waals surface area contributed by atoms with Crippen LogP contribution in [0.2, 0.25) is 5.02 Å². The zero-order valence-corrected chi connectivity index (χ0v) is 16.3. The van der Waals surface area contributed by atoms with E-state index in [1.807, 2.05) is 36.1 Å². The maximum absolute atomic E-state index is 12.6. The van der Waals surface area contributed by atoms with E-state index in [-0.39, 0.29) is 11.9 Å². The molecule has 6 heteroatoms. The lowest BCUT2D eigenvalue weighted by molar-refractivity contribution is -0.130. The van der Waals surface area contributed by atoms with Crippen LogP contribution in [0.4, 0.5) is 5.69 Å². The summed E-state index contributed by atoms with van der Waals surface area (Å²) in [4.78, 5) is 28.3. The maximum atomic E-state index is 12.6. The van der Waals surface area contributed by atoms with Crippen molar-refractivity contribution >= 4 is 29.2 Å². The number of hydrogen-bond donors (Lipinski definition) is 0. The van der Waals surface area contributed by atoms with Gasteiger partial charge in [0.15, 0.2) is 0 Å². The number of aryl methyl sites for hydroxylation is 1. The van der Waals surface area contributed by atoms with Crippen molar-refractivity contribution in [3.05, 3.63) is 64.2 Å². The lowest BCUT2D eigenvalue weighted by Crippen LogP contribution is -2.49. The van der Waals surface area contributed by atoms with Crippen molar-refractivity contribution in [3.8, 4) is 0 Å². The van der Waals surface area contributed by atoms with Crippen molar-refractivity contribution in [2.75, 3.05) is 38.2 Å². The quantitative estimate of drug-likeness (QED) is 0.756. The summed E-state index contributed by atoms with van der Waals surface area (Å²) in [7, 11) is 1.36. The Balaban J connectivity index is 1.62. The van der Waals surface area contributed by atoms with Gasteiger partial charge in [-0.15, -0.1) is 0 Å². The molecule has 27 heavy (non-hydrogen) atoms. The fourth-order valence-corrected chi connectivity index (χ4v) is 3.43. The number of methoxy groups -OCH3 is 1. The van der Waals surface area contributed by atoms with Gasteiger partial charge in [-0.1, -0.05) is 41.4 Å². The molecular weight excluding hydrogens is 364 g/mol. The molecule has 1 heterocycles. The van der Waals surface area contributed by atoms with E-state index < -0.39 is 0 Å². The number of esters is 1. The van der Waals surface area contributed by atoms with Crippen molar-refractivity contribution in [1.29, 1.82) is 0 Å². The van der Waals surface area contributed by atoms with Gasteiger partial charge in [0, 0.05) is 26.2 Å². The molecule has 0 spiro atoms. The first-order valence-corrected chi connectivity index (χ1v) is 9.32. The topological polar surface area (TPSA) is 49.9 Å². The Morgan fingerprint density at radius 1 is 1.04 bits per heavy atom. The Morgan fingerprint density at radius 2 is 1.70 bits per heavy atom. The van der Waals surface area contributed by atoms with Crippen LogP contribution in [-0.2, 0) is 16.0 Å². The molecule has 1 amide bonds. The Kier molecular flexibility index (Phi) is 6.01. The molecule has 1 aliphatic rings. The summed E-state index contributed by atoms with van der Waals surface area (Å²) >= 11 is 6.32. The lowest BCUT2D eigenvalue weighted by atomic mass is 10.1. The Labute approximate surface area is 164 Å². The van der Waals surface area contributed by atoms with Crippen molar-refractivity contribution in [2.45, 2.75) is 13.3 Å². The van der Waals surface area contributed by atoms with Gasteiger partial charge >= 0.3 is 5.97 Å². The van der Waals surface area contributed by atoms with Crippen LogP contribution in [0, 0.1) is 6.92 Å². The molecule has 0 aromatic heterocycles. The smallest absolute Gasteiger partial charge is 0.337 e. The molecule has 0 atom stereocenters. The fourth-order valence-electron chi connectivity index (χ4n) is 3.19. The van der Waals surface area contributed by atoms with Crippen LogP contribution in [0.1, 0.15) is 21.5 Å². The minimum atomic E-state index is -0.389. The summed E-state index contributed by atoms with van der Waals surface area (Å²) in [5.41, 5.74) is 3.48. The largest absolute Gasteiger partial charge is 0.465 e. The van der Waals surface area contributed by atoms with Gasteiger partial charge in [0.1, 0.15) is 0 Å². The average Bonchev–Trinajstić information content (AvgIpc) is 2.69. The van der Waals surface area contributed by atoms with Gasteiger partial charge in [-0.25, -0.2) is 4.79 Å². The Hall–Kier alpha value is -2.53. The van der Waals surface area contributed by atoms with Crippen LogP contribution in [0.25, 0.3) is 0 Å². The van der Waals surface area contributed by atoms with E-state index in [2.05, 4.69) is 4.90 Å². The van der Waals surface area contributed by atoms with E-state index in [0.717, 1.165) is 11.3 Å². The van der Waals surface area contributed by atoms with Gasteiger partial charge in [0.25, 0.3) is 0 Å². The number of rotatable bonds is 4. The predicted molar refractivity (Wildman–Crippen MR) is 106 cm³/mol. The number of piperazine rings is 1. The molecule has 0 radical (unpaired) electrons. The molecule has 0 bridgehead atoms. The standard InChI is InChI=1S/C21H23ClN2O3/c1-15-3-5-16(6-4-15)13-20(25)24-11-9-23(10-12-24)19-14-17(21(26)27-2)7-8-18(19)22/h3-8,14H,9-13H2,1-2H3. The first kappa shape index (κ1) is 19.2. The molecule has 1 fully saturated rings. The first-order chi connectivity index (χ1) is 13.0. The number of hydrogen-bond acceptors (Lipinski definition) is 4. The van der Waals surface area contributed by atoms with Gasteiger partial charge in [-0.05, 0) is 30.7 Å². The second-order valence-electron chi connectivity index (χ2n) is 6.69. The van der Waals surface area contributed by atoms with Gasteiger partial charge < -0.3 is 14.5 Å². The number of carbonyl (C=O) groups is 2. The van der Waals surface area contributed by atoms with E-state index in [0.29, 0.717) is 43.2 Å². The monoisotopic (exact) mass is 386 g/mol. The summed E-state index contributed by atoms with van der Waals surface area (Å²) in [6.45, 7) is 4.63. The predicted octanol–water partition coefficient (Wildman–Crippen LogP) is 3.33. The highest BCUT2D eigenvalue weighted by Crippen LogP contribution is 2.28. The highest BCUT2D eigenvalue weighted by atomic mass is 35.5. The molecular formula is C21H23ClN2O3. The van der Waals surface area contributed by atoms with Crippen molar-refractivity contribution in [3.63, 3.8) is 0 Å². The van der Waals surface area contributed by atoms with Crippen LogP contribution in [0.3, 0.4) is 0 Å². The highest BCUT2D eigenvalue weighted by Gasteiger charge is 2.23. The van der Waals surface area contributed by atoms with Gasteiger partial charge in [-0.2, -0.15) is 0 Å². The van der Waals surface area contributed by atoms with Gasteiger partial charge in [-0.3, -0.25) is 4.79 Å². The van der Waals surface area contributed by atoms with Crippen LogP contribution in [0.15, 0.2) is 42.5 Å². The molecule has 1 saturated heterocycles. The zero-order chi connectivity index (χ0) is 19.4. The third kappa shape index (κ3) is 4.61. The van der Waals surface area contributed by atoms with E-state index in [1.54, 1.807) is 18.2 Å². The van der Waals surface area contributed by atoms with Crippen molar-refractivity contribution < 1.29 is 14.3 Å². The first-order valence-electron chi connectivity index (χ1n) is 8.94. The second kappa shape index (κ2) is 8.44. The van der Waals surface area contributed by atoms with E-state index in [4.69, 9.17) is 16.3 Å². The molecule has 1 aliphatic heterocycles. The third-order valence-corrected chi connectivity index (χ3v) is 5.14. The number of ether oxygens (including phenoxy) is 1. The third-order valence-electron chi connectivity index (χ3n) is 4.82. The molecule has 5 nitrogen and oxygen atoms in total. The number of benzene rings is 2. The second-order valence-corrected chi connectivity index (χ2v) is 7.10. The molecule has 2 aromatic rings. The zero-order valence-electron chi connectivity index (χ0n) is 15.6.